The first-order chi connectivity index (χ1) is 5.36. The molecule has 0 aliphatic heterocycles. The molecule has 1 aromatic carbocycles. The smallest absolute Gasteiger partial charge is 0.109 e. The topological polar surface area (TPSA) is 20.2 Å². The van der Waals surface area contributed by atoms with E-state index >= 15 is 0 Å². The van der Waals surface area contributed by atoms with E-state index < -0.39 is 0 Å². The van der Waals surface area contributed by atoms with Crippen molar-refractivity contribution < 1.29 is 5.11 Å². The average molecular weight is 167 g/mol. The first kappa shape index (κ1) is 8.62. The summed E-state index contributed by atoms with van der Waals surface area (Å²) in [6, 6.07) is 7.83. The Morgan fingerprint density at radius 2 is 2.36 bits per heavy atom. The second kappa shape index (κ2) is 4.42. The van der Waals surface area contributed by atoms with E-state index in [1.165, 1.54) is 4.90 Å². The monoisotopic (exact) mass is 167 g/mol. The zero-order chi connectivity index (χ0) is 8.10. The van der Waals surface area contributed by atoms with Crippen LogP contribution >= 0.6 is 11.8 Å². The zero-order valence-electron chi connectivity index (χ0n) is 6.45. The fourth-order valence-electron chi connectivity index (χ4n) is 0.851. The van der Waals surface area contributed by atoms with Crippen molar-refractivity contribution in [3.63, 3.8) is 0 Å². The fourth-order valence-corrected chi connectivity index (χ4v) is 1.58. The molecule has 1 nitrogen and oxygen atoms in total. The molecule has 11 heavy (non-hydrogen) atoms. The molecule has 59 valence electrons. The Morgan fingerprint density at radius 1 is 1.55 bits per heavy atom. The van der Waals surface area contributed by atoms with Gasteiger partial charge < -0.3 is 5.11 Å². The van der Waals surface area contributed by atoms with Gasteiger partial charge >= 0.3 is 0 Å². The Labute approximate surface area is 71.4 Å². The summed E-state index contributed by atoms with van der Waals surface area (Å²) in [6.45, 7) is 3.24. The SMILES string of the molecule is CCSc1cccc([CH]O)c1. The Bertz CT molecular complexity index is 223. The van der Waals surface area contributed by atoms with Crippen LogP contribution in [-0.4, -0.2) is 10.9 Å². The maximum atomic E-state index is 8.70. The lowest BCUT2D eigenvalue weighted by molar-refractivity contribution is 0.414. The number of hydrogen-bond acceptors (Lipinski definition) is 2. The fraction of sp³-hybridized carbons (Fsp3) is 0.222. The number of benzene rings is 1. The maximum Gasteiger partial charge on any atom is 0.109 e. The first-order valence-electron chi connectivity index (χ1n) is 3.57. The molecule has 0 unspecified atom stereocenters. The lowest BCUT2D eigenvalue weighted by Crippen LogP contribution is -1.80. The summed E-state index contributed by atoms with van der Waals surface area (Å²) >= 11 is 1.77. The number of rotatable bonds is 3. The van der Waals surface area contributed by atoms with E-state index in [9.17, 15) is 0 Å². The highest BCUT2D eigenvalue weighted by Gasteiger charge is 1.93. The van der Waals surface area contributed by atoms with Gasteiger partial charge in [-0.25, -0.2) is 0 Å². The molecule has 0 saturated heterocycles. The summed E-state index contributed by atoms with van der Waals surface area (Å²) in [5.74, 6) is 1.06. The molecule has 0 atom stereocenters. The quantitative estimate of drug-likeness (QED) is 0.698. The van der Waals surface area contributed by atoms with Crippen molar-refractivity contribution in [1.82, 2.24) is 0 Å². The van der Waals surface area contributed by atoms with Crippen LogP contribution in [0, 0.1) is 6.61 Å². The van der Waals surface area contributed by atoms with Gasteiger partial charge in [0, 0.05) is 4.90 Å². The summed E-state index contributed by atoms with van der Waals surface area (Å²) < 4.78 is 0. The molecule has 0 spiro atoms. The summed E-state index contributed by atoms with van der Waals surface area (Å²) in [5.41, 5.74) is 0.864. The van der Waals surface area contributed by atoms with Gasteiger partial charge in [0.25, 0.3) is 0 Å². The third-order valence-corrected chi connectivity index (χ3v) is 2.19. The molecule has 0 heterocycles. The molecular weight excluding hydrogens is 156 g/mol. The van der Waals surface area contributed by atoms with E-state index in [1.54, 1.807) is 11.8 Å². The third-order valence-electron chi connectivity index (χ3n) is 1.32. The van der Waals surface area contributed by atoms with Gasteiger partial charge in [0.05, 0.1) is 0 Å². The molecule has 0 bridgehead atoms. The number of aliphatic hydroxyl groups is 1. The predicted octanol–water partition coefficient (Wildman–Crippen LogP) is 2.68. The number of aliphatic hydroxyl groups excluding tert-OH is 1. The Hall–Kier alpha value is -0.470. The second-order valence-corrected chi connectivity index (χ2v) is 3.47. The second-order valence-electron chi connectivity index (χ2n) is 2.13. The summed E-state index contributed by atoms with van der Waals surface area (Å²) in [4.78, 5) is 1.20. The van der Waals surface area contributed by atoms with Crippen molar-refractivity contribution in [3.05, 3.63) is 36.4 Å². The third kappa shape index (κ3) is 2.56. The van der Waals surface area contributed by atoms with Crippen LogP contribution in [0.25, 0.3) is 0 Å². The summed E-state index contributed by atoms with van der Waals surface area (Å²) in [5, 5.41) is 8.70. The van der Waals surface area contributed by atoms with Crippen molar-refractivity contribution in [3.8, 4) is 0 Å². The number of hydrogen-bond donors (Lipinski definition) is 1. The van der Waals surface area contributed by atoms with Crippen LogP contribution in [-0.2, 0) is 0 Å². The average Bonchev–Trinajstić information content (AvgIpc) is 2.06. The molecule has 1 N–H and O–H groups in total. The normalized spacial score (nSPS) is 10.0. The minimum Gasteiger partial charge on any atom is -0.385 e. The van der Waals surface area contributed by atoms with Crippen LogP contribution in [0.3, 0.4) is 0 Å². The van der Waals surface area contributed by atoms with E-state index in [2.05, 4.69) is 6.92 Å². The number of thioether (sulfide) groups is 1. The molecule has 0 aromatic heterocycles. The van der Waals surface area contributed by atoms with Crippen LogP contribution in [0.1, 0.15) is 12.5 Å². The predicted molar refractivity (Wildman–Crippen MR) is 48.2 cm³/mol. The lowest BCUT2D eigenvalue weighted by Gasteiger charge is -1.99. The van der Waals surface area contributed by atoms with E-state index in [0.29, 0.717) is 0 Å². The van der Waals surface area contributed by atoms with Gasteiger partial charge in [-0.15, -0.1) is 11.8 Å². The van der Waals surface area contributed by atoms with E-state index in [1.807, 2.05) is 24.3 Å². The molecule has 1 radical (unpaired) electrons. The van der Waals surface area contributed by atoms with Gasteiger partial charge in [-0.05, 0) is 23.4 Å². The lowest BCUT2D eigenvalue weighted by atomic mass is 10.2. The molecule has 0 amide bonds. The molecule has 1 aromatic rings. The molecule has 0 aliphatic carbocycles. The van der Waals surface area contributed by atoms with Gasteiger partial charge in [-0.1, -0.05) is 19.1 Å². The van der Waals surface area contributed by atoms with E-state index in [4.69, 9.17) is 5.11 Å². The molecule has 0 fully saturated rings. The van der Waals surface area contributed by atoms with Crippen LogP contribution in [0.2, 0.25) is 0 Å². The maximum absolute atomic E-state index is 8.70. The van der Waals surface area contributed by atoms with Crippen molar-refractivity contribution in [1.29, 1.82) is 0 Å². The van der Waals surface area contributed by atoms with Crippen molar-refractivity contribution in [2.75, 3.05) is 5.75 Å². The summed E-state index contributed by atoms with van der Waals surface area (Å²) in [6.07, 6.45) is 0. The summed E-state index contributed by atoms with van der Waals surface area (Å²) in [7, 11) is 0. The Morgan fingerprint density at radius 3 is 3.00 bits per heavy atom. The standard InChI is InChI=1S/C9H11OS/c1-2-11-9-5-3-4-8(6-9)7-10/h3-7,10H,2H2,1H3. The zero-order valence-corrected chi connectivity index (χ0v) is 7.27. The first-order valence-corrected chi connectivity index (χ1v) is 4.55. The van der Waals surface area contributed by atoms with Gasteiger partial charge in [0.1, 0.15) is 6.61 Å². The molecule has 1 rings (SSSR count). The molecular formula is C9H11OS. The molecule has 2 heteroatoms. The van der Waals surface area contributed by atoms with Gasteiger partial charge in [0.2, 0.25) is 0 Å². The molecule has 0 saturated carbocycles. The van der Waals surface area contributed by atoms with Gasteiger partial charge in [-0.2, -0.15) is 0 Å². The Kier molecular flexibility index (Phi) is 3.46. The minimum absolute atomic E-state index is 0.864. The van der Waals surface area contributed by atoms with Gasteiger partial charge in [-0.3, -0.25) is 0 Å². The van der Waals surface area contributed by atoms with E-state index in [0.717, 1.165) is 17.9 Å². The highest BCUT2D eigenvalue weighted by atomic mass is 32.2. The molecule has 0 aliphatic rings. The van der Waals surface area contributed by atoms with Crippen molar-refractivity contribution in [2.45, 2.75) is 11.8 Å². The van der Waals surface area contributed by atoms with E-state index in [-0.39, 0.29) is 0 Å². The highest BCUT2D eigenvalue weighted by molar-refractivity contribution is 7.99. The van der Waals surface area contributed by atoms with Crippen LogP contribution < -0.4 is 0 Å². The largest absolute Gasteiger partial charge is 0.385 e. The highest BCUT2D eigenvalue weighted by Crippen LogP contribution is 2.18. The van der Waals surface area contributed by atoms with Crippen molar-refractivity contribution >= 4 is 11.8 Å². The van der Waals surface area contributed by atoms with Crippen LogP contribution in [0.15, 0.2) is 29.2 Å². The van der Waals surface area contributed by atoms with Crippen LogP contribution in [0.4, 0.5) is 0 Å². The Balaban J connectivity index is 2.74. The van der Waals surface area contributed by atoms with Crippen molar-refractivity contribution in [2.24, 2.45) is 0 Å². The van der Waals surface area contributed by atoms with Gasteiger partial charge in [0.15, 0.2) is 0 Å². The minimum atomic E-state index is 0.864. The van der Waals surface area contributed by atoms with Crippen LogP contribution in [0.5, 0.6) is 0 Å².